The number of anilines is 1. The Bertz CT molecular complexity index is 1530. The van der Waals surface area contributed by atoms with Crippen LogP contribution in [0.5, 0.6) is 5.75 Å². The normalized spacial score (nSPS) is 18.7. The van der Waals surface area contributed by atoms with E-state index < -0.39 is 34.7 Å². The van der Waals surface area contributed by atoms with Crippen LogP contribution in [0.15, 0.2) is 78.9 Å². The highest BCUT2D eigenvalue weighted by atomic mass is 32.2. The zero-order valence-corrected chi connectivity index (χ0v) is 28.0. The number of amides is 3. The van der Waals surface area contributed by atoms with Gasteiger partial charge in [-0.15, -0.1) is 11.8 Å². The molecular formula is C36H44N4O6S. The van der Waals surface area contributed by atoms with Crippen LogP contribution < -0.4 is 20.3 Å². The lowest BCUT2D eigenvalue weighted by molar-refractivity contribution is -0.148. The second-order valence-electron chi connectivity index (χ2n) is 12.4. The minimum absolute atomic E-state index is 0.209. The highest BCUT2D eigenvalue weighted by Crippen LogP contribution is 2.40. The molecule has 11 heteroatoms. The number of nitrogens with zero attached hydrogens (tertiary/aromatic N) is 2. The zero-order chi connectivity index (χ0) is 33.4. The molecule has 3 atom stereocenters. The average molecular weight is 661 g/mol. The van der Waals surface area contributed by atoms with E-state index >= 15 is 0 Å². The third-order valence-corrected chi connectivity index (χ3v) is 10.0. The van der Waals surface area contributed by atoms with E-state index in [0.29, 0.717) is 25.5 Å². The quantitative estimate of drug-likeness (QED) is 0.271. The zero-order valence-electron chi connectivity index (χ0n) is 27.2. The number of nitrogens with one attached hydrogen (secondary N) is 2. The van der Waals surface area contributed by atoms with Gasteiger partial charge in [-0.1, -0.05) is 60.7 Å². The summed E-state index contributed by atoms with van der Waals surface area (Å²) >= 11 is 1.48. The van der Waals surface area contributed by atoms with Crippen molar-refractivity contribution in [1.82, 2.24) is 15.5 Å². The number of aliphatic hydroxyl groups excluding tert-OH is 1. The smallest absolute Gasteiger partial charge is 0.258 e. The largest absolute Gasteiger partial charge is 0.484 e. The third-order valence-electron chi connectivity index (χ3n) is 8.63. The predicted octanol–water partition coefficient (Wildman–Crippen LogP) is 3.30. The molecule has 2 saturated heterocycles. The van der Waals surface area contributed by atoms with E-state index in [2.05, 4.69) is 15.5 Å². The molecule has 0 saturated carbocycles. The van der Waals surface area contributed by atoms with Gasteiger partial charge in [0.1, 0.15) is 11.8 Å². The van der Waals surface area contributed by atoms with Crippen molar-refractivity contribution in [3.63, 3.8) is 0 Å². The van der Waals surface area contributed by atoms with Gasteiger partial charge in [0.2, 0.25) is 5.91 Å². The first-order valence-corrected chi connectivity index (χ1v) is 16.9. The van der Waals surface area contributed by atoms with Gasteiger partial charge in [0.25, 0.3) is 11.8 Å². The fourth-order valence-corrected chi connectivity index (χ4v) is 7.08. The molecule has 47 heavy (non-hydrogen) atoms. The van der Waals surface area contributed by atoms with E-state index in [-0.39, 0.29) is 24.8 Å². The van der Waals surface area contributed by atoms with Crippen LogP contribution in [-0.2, 0) is 32.1 Å². The number of carbonyl (C=O) groups excluding carboxylic acids is 3. The molecule has 2 aliphatic rings. The molecule has 0 aliphatic carbocycles. The van der Waals surface area contributed by atoms with Gasteiger partial charge in [-0.05, 0) is 56.0 Å². The number of hydrogen-bond acceptors (Lipinski definition) is 8. The summed E-state index contributed by atoms with van der Waals surface area (Å²) in [7, 11) is 0. The fourth-order valence-electron chi connectivity index (χ4n) is 5.94. The van der Waals surface area contributed by atoms with E-state index in [4.69, 9.17) is 9.47 Å². The Kier molecular flexibility index (Phi) is 11.4. The summed E-state index contributed by atoms with van der Waals surface area (Å²) < 4.78 is 10.7. The van der Waals surface area contributed by atoms with E-state index in [1.165, 1.54) is 16.7 Å². The number of rotatable bonds is 12. The summed E-state index contributed by atoms with van der Waals surface area (Å²) in [6.45, 7) is 8.72. The summed E-state index contributed by atoms with van der Waals surface area (Å²) in [5.41, 5.74) is 3.87. The lowest BCUT2D eigenvalue weighted by atomic mass is 9.97. The van der Waals surface area contributed by atoms with Crippen molar-refractivity contribution in [3.05, 3.63) is 95.6 Å². The molecule has 0 spiro atoms. The first-order valence-electron chi connectivity index (χ1n) is 16.0. The summed E-state index contributed by atoms with van der Waals surface area (Å²) in [5.74, 6) is -0.603. The number of aliphatic hydroxyl groups is 1. The van der Waals surface area contributed by atoms with Crippen molar-refractivity contribution in [2.24, 2.45) is 0 Å². The Morgan fingerprint density at radius 3 is 2.49 bits per heavy atom. The molecule has 0 aromatic heterocycles. The SMILES string of the molecule is Cc1ccccc1CNC(=O)C1N(C(=O)C(O)C(Cc2ccccc2)NC(=O)COc2cccc(N3CCOCC3)c2)CSC1(C)C. The van der Waals surface area contributed by atoms with Crippen LogP contribution in [0.4, 0.5) is 5.69 Å². The Balaban J connectivity index is 1.26. The number of carbonyl (C=O) groups is 3. The van der Waals surface area contributed by atoms with Crippen LogP contribution in [0.25, 0.3) is 0 Å². The average Bonchev–Trinajstić information content (AvgIpc) is 3.41. The molecule has 3 aromatic rings. The molecule has 2 aliphatic heterocycles. The maximum absolute atomic E-state index is 13.9. The maximum Gasteiger partial charge on any atom is 0.258 e. The lowest BCUT2D eigenvalue weighted by Gasteiger charge is -2.33. The Morgan fingerprint density at radius 2 is 1.74 bits per heavy atom. The van der Waals surface area contributed by atoms with E-state index in [1.54, 1.807) is 6.07 Å². The molecule has 3 N–H and O–H groups in total. The number of hydrogen-bond donors (Lipinski definition) is 3. The van der Waals surface area contributed by atoms with Crippen LogP contribution in [0.1, 0.15) is 30.5 Å². The predicted molar refractivity (Wildman–Crippen MR) is 183 cm³/mol. The number of ether oxygens (including phenoxy) is 2. The summed E-state index contributed by atoms with van der Waals surface area (Å²) in [4.78, 5) is 44.3. The Labute approximate surface area is 280 Å². The topological polar surface area (TPSA) is 120 Å². The number of aryl methyl sites for hydroxylation is 1. The lowest BCUT2D eigenvalue weighted by Crippen LogP contribution is -2.59. The van der Waals surface area contributed by atoms with E-state index in [9.17, 15) is 19.5 Å². The first kappa shape index (κ1) is 34.3. The molecule has 3 unspecified atom stereocenters. The van der Waals surface area contributed by atoms with Gasteiger partial charge in [-0.3, -0.25) is 14.4 Å². The van der Waals surface area contributed by atoms with Gasteiger partial charge in [-0.25, -0.2) is 0 Å². The molecule has 0 bridgehead atoms. The van der Waals surface area contributed by atoms with Crippen molar-refractivity contribution in [1.29, 1.82) is 0 Å². The van der Waals surface area contributed by atoms with Gasteiger partial charge in [0, 0.05) is 36.1 Å². The Morgan fingerprint density at radius 1 is 1.02 bits per heavy atom. The van der Waals surface area contributed by atoms with Gasteiger partial charge >= 0.3 is 0 Å². The van der Waals surface area contributed by atoms with Gasteiger partial charge in [0.05, 0.1) is 25.1 Å². The second kappa shape index (κ2) is 15.7. The molecular weight excluding hydrogens is 616 g/mol. The Hall–Kier alpha value is -4.06. The van der Waals surface area contributed by atoms with Crippen molar-refractivity contribution in [2.75, 3.05) is 43.7 Å². The van der Waals surface area contributed by atoms with E-state index in [0.717, 1.165) is 35.5 Å². The molecule has 3 amide bonds. The highest BCUT2D eigenvalue weighted by Gasteiger charge is 2.49. The third kappa shape index (κ3) is 8.85. The molecule has 10 nitrogen and oxygen atoms in total. The van der Waals surface area contributed by atoms with E-state index in [1.807, 2.05) is 93.6 Å². The summed E-state index contributed by atoms with van der Waals surface area (Å²) in [6, 6.07) is 22.9. The van der Waals surface area contributed by atoms with Crippen LogP contribution in [0.2, 0.25) is 0 Å². The fraction of sp³-hybridized carbons (Fsp3) is 0.417. The standard InChI is InChI=1S/C36H44N4O6S/c1-25-10-7-8-13-27(25)22-37-34(43)33-36(2,3)47-24-40(33)35(44)32(42)30(20-26-11-5-4-6-12-26)38-31(41)23-46-29-15-9-14-28(21-29)39-16-18-45-19-17-39/h4-15,21,30,32-33,42H,16-20,22-24H2,1-3H3,(H,37,43)(H,38,41). The van der Waals surface area contributed by atoms with Crippen LogP contribution in [0.3, 0.4) is 0 Å². The van der Waals surface area contributed by atoms with Gasteiger partial charge in [-0.2, -0.15) is 0 Å². The maximum atomic E-state index is 13.9. The molecule has 250 valence electrons. The first-order chi connectivity index (χ1) is 22.6. The molecule has 0 radical (unpaired) electrons. The molecule has 5 rings (SSSR count). The van der Waals surface area contributed by atoms with Crippen molar-refractivity contribution in [2.45, 2.75) is 56.7 Å². The highest BCUT2D eigenvalue weighted by molar-refractivity contribution is 8.00. The monoisotopic (exact) mass is 660 g/mol. The number of thioether (sulfide) groups is 1. The molecule has 2 heterocycles. The number of benzene rings is 3. The number of morpholine rings is 1. The van der Waals surface area contributed by atoms with Crippen molar-refractivity contribution in [3.8, 4) is 5.75 Å². The van der Waals surface area contributed by atoms with Crippen molar-refractivity contribution >= 4 is 35.2 Å². The van der Waals surface area contributed by atoms with Crippen molar-refractivity contribution < 1.29 is 29.0 Å². The van der Waals surface area contributed by atoms with Crippen LogP contribution in [-0.4, -0.2) is 89.4 Å². The summed E-state index contributed by atoms with van der Waals surface area (Å²) in [5, 5.41) is 17.4. The second-order valence-corrected chi connectivity index (χ2v) is 14.0. The minimum atomic E-state index is -1.59. The summed E-state index contributed by atoms with van der Waals surface area (Å²) in [6.07, 6.45) is -1.38. The van der Waals surface area contributed by atoms with Crippen LogP contribution >= 0.6 is 11.8 Å². The van der Waals surface area contributed by atoms with Crippen LogP contribution in [0, 0.1) is 6.92 Å². The molecule has 3 aromatic carbocycles. The van der Waals surface area contributed by atoms with Gasteiger partial charge in [0.15, 0.2) is 12.7 Å². The molecule has 2 fully saturated rings. The minimum Gasteiger partial charge on any atom is -0.484 e. The van der Waals surface area contributed by atoms with Gasteiger partial charge < -0.3 is 35.0 Å².